The molecule has 1 unspecified atom stereocenters. The van der Waals surface area contributed by atoms with Crippen LogP contribution in [0.3, 0.4) is 0 Å². The maximum absolute atomic E-state index is 3.67. The van der Waals surface area contributed by atoms with Crippen LogP contribution in [0.25, 0.3) is 0 Å². The van der Waals surface area contributed by atoms with Gasteiger partial charge in [0.25, 0.3) is 0 Å². The first-order valence-corrected chi connectivity index (χ1v) is 7.42. The SMILES string of the molecule is CCCCC(CNC(C)C)c1ccccc1Br. The number of nitrogens with one attached hydrogen (secondary N) is 1. The highest BCUT2D eigenvalue weighted by Gasteiger charge is 2.13. The van der Waals surface area contributed by atoms with Gasteiger partial charge in [0.2, 0.25) is 0 Å². The van der Waals surface area contributed by atoms with Gasteiger partial charge in [-0.15, -0.1) is 0 Å². The normalized spacial score (nSPS) is 13.0. The van der Waals surface area contributed by atoms with Crippen LogP contribution in [-0.2, 0) is 0 Å². The maximum atomic E-state index is 3.67. The summed E-state index contributed by atoms with van der Waals surface area (Å²) in [5, 5.41) is 3.56. The van der Waals surface area contributed by atoms with E-state index in [1.54, 1.807) is 0 Å². The van der Waals surface area contributed by atoms with E-state index in [1.807, 2.05) is 0 Å². The lowest BCUT2D eigenvalue weighted by Gasteiger charge is -2.20. The summed E-state index contributed by atoms with van der Waals surface area (Å²) in [6, 6.07) is 9.16. The molecule has 17 heavy (non-hydrogen) atoms. The number of benzene rings is 1. The third-order valence-electron chi connectivity index (χ3n) is 3.02. The molecular formula is C15H24BrN. The molecule has 1 aromatic rings. The first-order valence-electron chi connectivity index (χ1n) is 6.63. The van der Waals surface area contributed by atoms with Crippen molar-refractivity contribution in [1.82, 2.24) is 5.32 Å². The molecule has 0 heterocycles. The molecule has 0 saturated heterocycles. The molecule has 0 aliphatic carbocycles. The molecule has 0 bridgehead atoms. The smallest absolute Gasteiger partial charge is 0.0210 e. The van der Waals surface area contributed by atoms with Crippen molar-refractivity contribution >= 4 is 15.9 Å². The number of halogens is 1. The average molecular weight is 298 g/mol. The number of unbranched alkanes of at least 4 members (excludes halogenated alkanes) is 1. The summed E-state index contributed by atoms with van der Waals surface area (Å²) < 4.78 is 1.24. The zero-order chi connectivity index (χ0) is 12.7. The fourth-order valence-corrected chi connectivity index (χ4v) is 2.61. The first-order chi connectivity index (χ1) is 8.15. The molecule has 1 rings (SSSR count). The Bertz CT molecular complexity index is 322. The molecule has 1 N–H and O–H groups in total. The van der Waals surface area contributed by atoms with Crippen molar-refractivity contribution in [2.24, 2.45) is 0 Å². The third-order valence-corrected chi connectivity index (χ3v) is 3.75. The number of hydrogen-bond acceptors (Lipinski definition) is 1. The van der Waals surface area contributed by atoms with E-state index < -0.39 is 0 Å². The average Bonchev–Trinajstić information content (AvgIpc) is 2.30. The van der Waals surface area contributed by atoms with Crippen LogP contribution in [0.5, 0.6) is 0 Å². The largest absolute Gasteiger partial charge is 0.314 e. The van der Waals surface area contributed by atoms with Crippen molar-refractivity contribution in [3.63, 3.8) is 0 Å². The second kappa shape index (κ2) is 7.88. The third kappa shape index (κ3) is 5.22. The van der Waals surface area contributed by atoms with Gasteiger partial charge in [-0.2, -0.15) is 0 Å². The molecule has 1 atom stereocenters. The van der Waals surface area contributed by atoms with Crippen molar-refractivity contribution in [2.45, 2.75) is 52.0 Å². The van der Waals surface area contributed by atoms with E-state index in [1.165, 1.54) is 29.3 Å². The zero-order valence-corrected chi connectivity index (χ0v) is 12.8. The Morgan fingerprint density at radius 3 is 2.53 bits per heavy atom. The zero-order valence-electron chi connectivity index (χ0n) is 11.2. The van der Waals surface area contributed by atoms with Gasteiger partial charge in [-0.1, -0.05) is 67.7 Å². The molecule has 2 heteroatoms. The Balaban J connectivity index is 2.71. The molecule has 0 amide bonds. The summed E-state index contributed by atoms with van der Waals surface area (Å²) in [5.74, 6) is 0.618. The molecule has 1 aromatic carbocycles. The summed E-state index contributed by atoms with van der Waals surface area (Å²) in [4.78, 5) is 0. The van der Waals surface area contributed by atoms with Crippen molar-refractivity contribution in [2.75, 3.05) is 6.54 Å². The van der Waals surface area contributed by atoms with Crippen LogP contribution < -0.4 is 5.32 Å². The van der Waals surface area contributed by atoms with Crippen LogP contribution in [0.15, 0.2) is 28.7 Å². The lowest BCUT2D eigenvalue weighted by Crippen LogP contribution is -2.28. The van der Waals surface area contributed by atoms with Gasteiger partial charge >= 0.3 is 0 Å². The Labute approximate surface area is 114 Å². The van der Waals surface area contributed by atoms with Crippen LogP contribution in [0, 0.1) is 0 Å². The Kier molecular flexibility index (Phi) is 6.83. The topological polar surface area (TPSA) is 12.0 Å². The van der Waals surface area contributed by atoms with Gasteiger partial charge in [0.05, 0.1) is 0 Å². The van der Waals surface area contributed by atoms with Gasteiger partial charge in [-0.05, 0) is 24.0 Å². The van der Waals surface area contributed by atoms with Crippen LogP contribution >= 0.6 is 15.9 Å². The highest BCUT2D eigenvalue weighted by Crippen LogP contribution is 2.28. The molecule has 0 aliphatic rings. The predicted octanol–water partition coefficient (Wildman–Crippen LogP) is 4.72. The van der Waals surface area contributed by atoms with Gasteiger partial charge in [0.15, 0.2) is 0 Å². The molecular weight excluding hydrogens is 274 g/mol. The number of rotatable bonds is 7. The highest BCUT2D eigenvalue weighted by atomic mass is 79.9. The van der Waals surface area contributed by atoms with E-state index in [0.717, 1.165) is 6.54 Å². The lowest BCUT2D eigenvalue weighted by molar-refractivity contribution is 0.494. The van der Waals surface area contributed by atoms with Crippen LogP contribution in [0.2, 0.25) is 0 Å². The number of hydrogen-bond donors (Lipinski definition) is 1. The summed E-state index contributed by atoms with van der Waals surface area (Å²) >= 11 is 3.67. The molecule has 96 valence electrons. The van der Waals surface area contributed by atoms with E-state index in [0.29, 0.717) is 12.0 Å². The minimum atomic E-state index is 0.557. The van der Waals surface area contributed by atoms with E-state index in [4.69, 9.17) is 0 Å². The minimum absolute atomic E-state index is 0.557. The monoisotopic (exact) mass is 297 g/mol. The molecule has 0 saturated carbocycles. The second-order valence-electron chi connectivity index (χ2n) is 4.92. The van der Waals surface area contributed by atoms with Gasteiger partial charge in [-0.3, -0.25) is 0 Å². The molecule has 0 aliphatic heterocycles. The molecule has 1 nitrogen and oxygen atoms in total. The molecule has 0 radical (unpaired) electrons. The Morgan fingerprint density at radius 2 is 1.94 bits per heavy atom. The Morgan fingerprint density at radius 1 is 1.24 bits per heavy atom. The van der Waals surface area contributed by atoms with E-state index in [-0.39, 0.29) is 0 Å². The van der Waals surface area contributed by atoms with Gasteiger partial charge in [0.1, 0.15) is 0 Å². The summed E-state index contributed by atoms with van der Waals surface area (Å²) in [6.07, 6.45) is 3.83. The predicted molar refractivity (Wildman–Crippen MR) is 79.5 cm³/mol. The van der Waals surface area contributed by atoms with Gasteiger partial charge in [-0.25, -0.2) is 0 Å². The van der Waals surface area contributed by atoms with Crippen molar-refractivity contribution in [3.05, 3.63) is 34.3 Å². The quantitative estimate of drug-likeness (QED) is 0.768. The lowest BCUT2D eigenvalue weighted by atomic mass is 9.93. The first kappa shape index (κ1) is 14.7. The summed E-state index contributed by atoms with van der Waals surface area (Å²) in [6.45, 7) is 7.74. The second-order valence-corrected chi connectivity index (χ2v) is 5.78. The van der Waals surface area contributed by atoms with Crippen LogP contribution in [0.4, 0.5) is 0 Å². The highest BCUT2D eigenvalue weighted by molar-refractivity contribution is 9.10. The summed E-state index contributed by atoms with van der Waals surface area (Å²) in [5.41, 5.74) is 1.44. The minimum Gasteiger partial charge on any atom is -0.314 e. The van der Waals surface area contributed by atoms with Gasteiger partial charge in [0, 0.05) is 17.1 Å². The fourth-order valence-electron chi connectivity index (χ4n) is 2.00. The van der Waals surface area contributed by atoms with Crippen molar-refractivity contribution < 1.29 is 0 Å². The molecule has 0 spiro atoms. The molecule has 0 aromatic heterocycles. The summed E-state index contributed by atoms with van der Waals surface area (Å²) in [7, 11) is 0. The van der Waals surface area contributed by atoms with E-state index in [9.17, 15) is 0 Å². The van der Waals surface area contributed by atoms with Crippen molar-refractivity contribution in [3.8, 4) is 0 Å². The standard InChI is InChI=1S/C15H24BrN/c1-4-5-8-13(11-17-12(2)3)14-9-6-7-10-15(14)16/h6-7,9-10,12-13,17H,4-5,8,11H2,1-3H3. The Hall–Kier alpha value is -0.340. The van der Waals surface area contributed by atoms with Crippen LogP contribution in [-0.4, -0.2) is 12.6 Å². The fraction of sp³-hybridized carbons (Fsp3) is 0.600. The molecule has 0 fully saturated rings. The maximum Gasteiger partial charge on any atom is 0.0210 e. The van der Waals surface area contributed by atoms with E-state index in [2.05, 4.69) is 66.3 Å². The van der Waals surface area contributed by atoms with Crippen LogP contribution in [0.1, 0.15) is 51.5 Å². The van der Waals surface area contributed by atoms with Gasteiger partial charge < -0.3 is 5.32 Å². The van der Waals surface area contributed by atoms with Crippen molar-refractivity contribution in [1.29, 1.82) is 0 Å². The van der Waals surface area contributed by atoms with E-state index >= 15 is 0 Å².